The number of hydrogen-bond donors (Lipinski definition) is 0. The van der Waals surface area contributed by atoms with Crippen molar-refractivity contribution in [2.24, 2.45) is 5.92 Å². The fourth-order valence-electron chi connectivity index (χ4n) is 4.23. The van der Waals surface area contributed by atoms with E-state index in [2.05, 4.69) is 58.0 Å². The Morgan fingerprint density at radius 3 is 1.67 bits per heavy atom. The minimum atomic E-state index is -0.593. The third-order valence-corrected chi connectivity index (χ3v) is 6.15. The Hall–Kier alpha value is -0.860. The molecule has 0 saturated carbocycles. The molecule has 0 aliphatic carbocycles. The zero-order valence-electron chi connectivity index (χ0n) is 20.6. The zero-order chi connectivity index (χ0) is 21.9. The summed E-state index contributed by atoms with van der Waals surface area (Å²) in [5.74, 6) is -0.177. The van der Waals surface area contributed by atoms with E-state index in [-0.39, 0.29) is 0 Å². The first-order valence-corrected chi connectivity index (χ1v) is 13.1. The Kier molecular flexibility index (Phi) is 16.1. The average molecular weight is 419 g/mol. The van der Waals surface area contributed by atoms with Gasteiger partial charge in [0.25, 0.3) is 0 Å². The second kappa shape index (κ2) is 17.8. The summed E-state index contributed by atoms with van der Waals surface area (Å²) in [6.45, 7) is 10.6. The van der Waals surface area contributed by atoms with E-state index in [9.17, 15) is 0 Å². The second-order valence-corrected chi connectivity index (χ2v) is 8.83. The Balaban J connectivity index is 3.06. The van der Waals surface area contributed by atoms with Crippen LogP contribution in [0.1, 0.15) is 123 Å². The molecule has 0 aliphatic rings. The van der Waals surface area contributed by atoms with E-state index in [4.69, 9.17) is 9.47 Å². The number of hydrogen-bond acceptors (Lipinski definition) is 2. The van der Waals surface area contributed by atoms with Crippen LogP contribution in [0.3, 0.4) is 0 Å². The molecule has 1 atom stereocenters. The number of unbranched alkanes of at least 4 members (excludes halogenated alkanes) is 8. The molecule has 0 bridgehead atoms. The summed E-state index contributed by atoms with van der Waals surface area (Å²) in [4.78, 5) is 0. The number of benzene rings is 1. The summed E-state index contributed by atoms with van der Waals surface area (Å²) in [5, 5.41) is 0. The van der Waals surface area contributed by atoms with E-state index < -0.39 is 5.79 Å². The topological polar surface area (TPSA) is 18.5 Å². The van der Waals surface area contributed by atoms with Crippen molar-refractivity contribution < 1.29 is 9.47 Å². The standard InChI is InChI=1S/C28H50O2/c1-5-9-13-14-15-17-21-26(20-10-6-2)28(29-24-11-7-3,30-25-12-8-4)27-22-18-16-19-23-27/h16,18-19,22-23,26H,5-15,17,20-21,24-25H2,1-4H3. The van der Waals surface area contributed by atoms with Gasteiger partial charge in [0.1, 0.15) is 0 Å². The highest BCUT2D eigenvalue weighted by atomic mass is 16.7. The van der Waals surface area contributed by atoms with Crippen molar-refractivity contribution in [1.29, 1.82) is 0 Å². The molecule has 2 heteroatoms. The molecule has 0 aliphatic heterocycles. The van der Waals surface area contributed by atoms with Gasteiger partial charge in [0.05, 0.1) is 13.2 Å². The van der Waals surface area contributed by atoms with Crippen LogP contribution in [-0.2, 0) is 15.3 Å². The van der Waals surface area contributed by atoms with Crippen LogP contribution in [0.4, 0.5) is 0 Å². The molecule has 0 amide bonds. The van der Waals surface area contributed by atoms with Gasteiger partial charge >= 0.3 is 0 Å². The van der Waals surface area contributed by atoms with Crippen molar-refractivity contribution in [1.82, 2.24) is 0 Å². The summed E-state index contributed by atoms with van der Waals surface area (Å²) in [7, 11) is 0. The Bertz CT molecular complexity index is 475. The SMILES string of the molecule is CCCCCCCCC(CCCC)C(OCCCC)(OCCCC)c1ccccc1. The van der Waals surface area contributed by atoms with Crippen LogP contribution in [-0.4, -0.2) is 13.2 Å². The van der Waals surface area contributed by atoms with Crippen LogP contribution in [0.5, 0.6) is 0 Å². The van der Waals surface area contributed by atoms with Gasteiger partial charge in [0.2, 0.25) is 0 Å². The van der Waals surface area contributed by atoms with E-state index in [0.717, 1.165) is 38.9 Å². The molecule has 0 aromatic heterocycles. The van der Waals surface area contributed by atoms with Crippen LogP contribution in [0.2, 0.25) is 0 Å². The van der Waals surface area contributed by atoms with Gasteiger partial charge in [-0.05, 0) is 25.7 Å². The second-order valence-electron chi connectivity index (χ2n) is 8.83. The average Bonchev–Trinajstić information content (AvgIpc) is 2.78. The van der Waals surface area contributed by atoms with E-state index in [0.29, 0.717) is 5.92 Å². The van der Waals surface area contributed by atoms with Crippen molar-refractivity contribution in [2.75, 3.05) is 13.2 Å². The third kappa shape index (κ3) is 9.96. The third-order valence-electron chi connectivity index (χ3n) is 6.15. The molecule has 0 N–H and O–H groups in total. The maximum atomic E-state index is 6.74. The fourth-order valence-corrected chi connectivity index (χ4v) is 4.23. The molecular weight excluding hydrogens is 368 g/mol. The highest BCUT2D eigenvalue weighted by Crippen LogP contribution is 2.41. The normalized spacial score (nSPS) is 12.9. The van der Waals surface area contributed by atoms with Crippen LogP contribution >= 0.6 is 0 Å². The summed E-state index contributed by atoms with van der Waals surface area (Å²) in [6.07, 6.45) is 17.3. The first-order chi connectivity index (χ1) is 14.7. The van der Waals surface area contributed by atoms with Gasteiger partial charge in [-0.15, -0.1) is 0 Å². The molecule has 1 aromatic carbocycles. The minimum absolute atomic E-state index is 0.416. The lowest BCUT2D eigenvalue weighted by atomic mass is 9.83. The van der Waals surface area contributed by atoms with Crippen LogP contribution < -0.4 is 0 Å². The molecule has 0 saturated heterocycles. The van der Waals surface area contributed by atoms with Crippen molar-refractivity contribution in [3.05, 3.63) is 35.9 Å². The lowest BCUT2D eigenvalue weighted by Gasteiger charge is -2.41. The molecule has 1 aromatic rings. The van der Waals surface area contributed by atoms with Gasteiger partial charge in [-0.2, -0.15) is 0 Å². The number of ether oxygens (including phenoxy) is 2. The largest absolute Gasteiger partial charge is 0.346 e. The molecule has 1 rings (SSSR count). The Morgan fingerprint density at radius 2 is 1.10 bits per heavy atom. The molecule has 30 heavy (non-hydrogen) atoms. The van der Waals surface area contributed by atoms with Gasteiger partial charge in [-0.3, -0.25) is 0 Å². The molecule has 1 unspecified atom stereocenters. The summed E-state index contributed by atoms with van der Waals surface area (Å²) < 4.78 is 13.5. The monoisotopic (exact) mass is 418 g/mol. The van der Waals surface area contributed by atoms with Crippen molar-refractivity contribution >= 4 is 0 Å². The summed E-state index contributed by atoms with van der Waals surface area (Å²) >= 11 is 0. The van der Waals surface area contributed by atoms with Gasteiger partial charge in [-0.25, -0.2) is 0 Å². The Morgan fingerprint density at radius 1 is 0.600 bits per heavy atom. The van der Waals surface area contributed by atoms with E-state index in [1.54, 1.807) is 0 Å². The van der Waals surface area contributed by atoms with E-state index in [1.807, 2.05) is 0 Å². The van der Waals surface area contributed by atoms with Crippen molar-refractivity contribution in [2.45, 2.75) is 123 Å². The molecule has 174 valence electrons. The minimum Gasteiger partial charge on any atom is -0.346 e. The quantitative estimate of drug-likeness (QED) is 0.155. The molecular formula is C28H50O2. The molecule has 2 nitrogen and oxygen atoms in total. The summed E-state index contributed by atoms with van der Waals surface area (Å²) in [5.41, 5.74) is 1.21. The molecule has 0 spiro atoms. The first kappa shape index (κ1) is 27.2. The van der Waals surface area contributed by atoms with Crippen LogP contribution in [0.25, 0.3) is 0 Å². The lowest BCUT2D eigenvalue weighted by Crippen LogP contribution is -2.42. The smallest absolute Gasteiger partial charge is 0.197 e. The molecule has 0 heterocycles. The van der Waals surface area contributed by atoms with Crippen molar-refractivity contribution in [3.63, 3.8) is 0 Å². The highest BCUT2D eigenvalue weighted by molar-refractivity contribution is 5.21. The van der Waals surface area contributed by atoms with Gasteiger partial charge < -0.3 is 9.47 Å². The predicted molar refractivity (Wildman–Crippen MR) is 131 cm³/mol. The van der Waals surface area contributed by atoms with Gasteiger partial charge in [0.15, 0.2) is 5.79 Å². The maximum Gasteiger partial charge on any atom is 0.197 e. The van der Waals surface area contributed by atoms with E-state index >= 15 is 0 Å². The van der Waals surface area contributed by atoms with Crippen molar-refractivity contribution in [3.8, 4) is 0 Å². The first-order valence-electron chi connectivity index (χ1n) is 13.1. The molecule has 0 radical (unpaired) electrons. The lowest BCUT2D eigenvalue weighted by molar-refractivity contribution is -0.281. The maximum absolute atomic E-state index is 6.74. The summed E-state index contributed by atoms with van der Waals surface area (Å²) in [6, 6.07) is 10.8. The van der Waals surface area contributed by atoms with Gasteiger partial charge in [-0.1, -0.05) is 122 Å². The molecule has 0 fully saturated rings. The van der Waals surface area contributed by atoms with E-state index in [1.165, 1.54) is 69.8 Å². The van der Waals surface area contributed by atoms with Crippen LogP contribution in [0.15, 0.2) is 30.3 Å². The Labute approximate surface area is 188 Å². The fraction of sp³-hybridized carbons (Fsp3) is 0.786. The highest BCUT2D eigenvalue weighted by Gasteiger charge is 2.42. The predicted octanol–water partition coefficient (Wildman–Crippen LogP) is 9.03. The number of rotatable bonds is 20. The van der Waals surface area contributed by atoms with Crippen LogP contribution in [0, 0.1) is 5.92 Å². The zero-order valence-corrected chi connectivity index (χ0v) is 20.6. The van der Waals surface area contributed by atoms with Gasteiger partial charge in [0, 0.05) is 11.5 Å².